The molecular formula is C21H26N4O3. The van der Waals surface area contributed by atoms with E-state index in [0.29, 0.717) is 18.2 Å². The normalized spacial score (nSPS) is 22.8. The predicted molar refractivity (Wildman–Crippen MR) is 103 cm³/mol. The molecule has 5 rings (SSSR count). The number of carbonyl (C=O) groups is 1. The Morgan fingerprint density at radius 2 is 2.18 bits per heavy atom. The Kier molecular flexibility index (Phi) is 4.07. The molecule has 2 aromatic rings. The number of amides is 1. The van der Waals surface area contributed by atoms with Crippen molar-refractivity contribution < 1.29 is 14.3 Å². The first kappa shape index (κ1) is 17.5. The number of nitrogens with zero attached hydrogens (tertiary/aromatic N) is 4. The summed E-state index contributed by atoms with van der Waals surface area (Å²) in [5, 5.41) is 8.57. The van der Waals surface area contributed by atoms with E-state index in [1.165, 1.54) is 12.8 Å². The van der Waals surface area contributed by atoms with Gasteiger partial charge in [0.25, 0.3) is 5.91 Å². The van der Waals surface area contributed by atoms with Crippen molar-refractivity contribution in [2.24, 2.45) is 0 Å². The summed E-state index contributed by atoms with van der Waals surface area (Å²) in [4.78, 5) is 14.5. The van der Waals surface area contributed by atoms with E-state index in [9.17, 15) is 4.79 Å². The van der Waals surface area contributed by atoms with Crippen LogP contribution in [0, 0.1) is 0 Å². The van der Waals surface area contributed by atoms with Crippen LogP contribution in [-0.2, 0) is 11.2 Å². The molecule has 1 aliphatic carbocycles. The van der Waals surface area contributed by atoms with Gasteiger partial charge in [0, 0.05) is 37.2 Å². The number of para-hydroxylation sites is 1. The van der Waals surface area contributed by atoms with Crippen molar-refractivity contribution in [3.63, 3.8) is 0 Å². The van der Waals surface area contributed by atoms with Crippen LogP contribution in [0.2, 0.25) is 0 Å². The molecule has 1 saturated heterocycles. The maximum atomic E-state index is 12.7. The van der Waals surface area contributed by atoms with Crippen molar-refractivity contribution >= 4 is 5.91 Å². The summed E-state index contributed by atoms with van der Waals surface area (Å²) in [7, 11) is 0. The van der Waals surface area contributed by atoms with Gasteiger partial charge in [-0.1, -0.05) is 17.3 Å². The van der Waals surface area contributed by atoms with Crippen LogP contribution < -0.4 is 9.47 Å². The Bertz CT molecular complexity index is 903. The van der Waals surface area contributed by atoms with Crippen molar-refractivity contribution in [2.45, 2.75) is 57.1 Å². The van der Waals surface area contributed by atoms with E-state index >= 15 is 0 Å². The topological polar surface area (TPSA) is 69.5 Å². The number of rotatable bonds is 5. The van der Waals surface area contributed by atoms with Gasteiger partial charge in [0.15, 0.2) is 18.1 Å². The van der Waals surface area contributed by atoms with E-state index in [0.717, 1.165) is 36.4 Å². The molecule has 2 aliphatic heterocycles. The van der Waals surface area contributed by atoms with E-state index in [4.69, 9.17) is 9.47 Å². The van der Waals surface area contributed by atoms with Crippen LogP contribution in [0.5, 0.6) is 11.5 Å². The summed E-state index contributed by atoms with van der Waals surface area (Å²) in [6, 6.07) is 6.08. The second-order valence-corrected chi connectivity index (χ2v) is 8.75. The fourth-order valence-electron chi connectivity index (χ4n) is 4.15. The summed E-state index contributed by atoms with van der Waals surface area (Å²) < 4.78 is 13.8. The van der Waals surface area contributed by atoms with Crippen LogP contribution in [0.25, 0.3) is 0 Å². The zero-order valence-corrected chi connectivity index (χ0v) is 16.4. The number of benzene rings is 1. The largest absolute Gasteiger partial charge is 0.483 e. The third kappa shape index (κ3) is 3.34. The van der Waals surface area contributed by atoms with Crippen molar-refractivity contribution in [1.29, 1.82) is 0 Å². The lowest BCUT2D eigenvalue weighted by Crippen LogP contribution is -2.33. The second kappa shape index (κ2) is 6.50. The molecule has 3 aliphatic rings. The minimum absolute atomic E-state index is 0.000100. The van der Waals surface area contributed by atoms with Gasteiger partial charge in [-0.25, -0.2) is 4.68 Å². The number of ether oxygens (including phenoxy) is 2. The molecule has 7 heteroatoms. The first-order valence-corrected chi connectivity index (χ1v) is 10.1. The Morgan fingerprint density at radius 3 is 3.00 bits per heavy atom. The highest BCUT2D eigenvalue weighted by Crippen LogP contribution is 2.42. The Hall–Kier alpha value is -2.57. The molecule has 1 aromatic heterocycles. The first-order chi connectivity index (χ1) is 13.5. The molecule has 1 saturated carbocycles. The van der Waals surface area contributed by atoms with E-state index in [-0.39, 0.29) is 24.2 Å². The van der Waals surface area contributed by atoms with Crippen LogP contribution in [0.1, 0.15) is 56.3 Å². The van der Waals surface area contributed by atoms with Gasteiger partial charge in [0.05, 0.1) is 11.7 Å². The van der Waals surface area contributed by atoms with Crippen molar-refractivity contribution in [1.82, 2.24) is 19.9 Å². The molecule has 7 nitrogen and oxygen atoms in total. The maximum absolute atomic E-state index is 12.7. The fraction of sp³-hybridized carbons (Fsp3) is 0.571. The van der Waals surface area contributed by atoms with Crippen molar-refractivity contribution in [2.75, 3.05) is 19.7 Å². The monoisotopic (exact) mass is 382 g/mol. The van der Waals surface area contributed by atoms with Gasteiger partial charge in [-0.2, -0.15) is 0 Å². The lowest BCUT2D eigenvalue weighted by molar-refractivity contribution is -0.132. The summed E-state index contributed by atoms with van der Waals surface area (Å²) in [5.74, 6) is 2.02. The number of carbonyl (C=O) groups excluding carboxylic acids is 1. The number of hydrogen-bond acceptors (Lipinski definition) is 5. The third-order valence-corrected chi connectivity index (χ3v) is 5.82. The molecular weight excluding hydrogens is 356 g/mol. The third-order valence-electron chi connectivity index (χ3n) is 5.82. The number of likely N-dealkylation sites (tertiary alicyclic amines) is 1. The van der Waals surface area contributed by atoms with Gasteiger partial charge in [-0.05, 0) is 39.2 Å². The zero-order valence-electron chi connectivity index (χ0n) is 16.4. The van der Waals surface area contributed by atoms with Gasteiger partial charge >= 0.3 is 0 Å². The van der Waals surface area contributed by atoms with Crippen LogP contribution in [-0.4, -0.2) is 51.1 Å². The SMILES string of the molecule is CC1(C)Cc2cccc(OCC(=O)N3CC[C@H](n4cc(C5CC5)nn4)C3)c2O1. The van der Waals surface area contributed by atoms with E-state index in [1.54, 1.807) is 0 Å². The Balaban J connectivity index is 1.19. The van der Waals surface area contributed by atoms with Gasteiger partial charge in [0.1, 0.15) is 5.60 Å². The van der Waals surface area contributed by atoms with E-state index in [1.807, 2.05) is 21.7 Å². The molecule has 1 aromatic carbocycles. The molecule has 1 atom stereocenters. The Labute approximate surface area is 164 Å². The summed E-state index contributed by atoms with van der Waals surface area (Å²) >= 11 is 0. The van der Waals surface area contributed by atoms with Crippen LogP contribution in [0.15, 0.2) is 24.4 Å². The first-order valence-electron chi connectivity index (χ1n) is 10.1. The standard InChI is InChI=1S/C21H26N4O3/c1-21(2)10-15-4-3-5-18(20(15)28-21)27-13-19(26)24-9-8-16(11-24)25-12-17(22-23-25)14-6-7-14/h3-5,12,14,16H,6-11,13H2,1-2H3/t16-/m0/s1. The molecule has 0 bridgehead atoms. The van der Waals surface area contributed by atoms with Crippen molar-refractivity contribution in [3.05, 3.63) is 35.7 Å². The molecule has 148 valence electrons. The highest BCUT2D eigenvalue weighted by Gasteiger charge is 2.34. The van der Waals surface area contributed by atoms with Crippen molar-refractivity contribution in [3.8, 4) is 11.5 Å². The number of aromatic nitrogens is 3. The number of hydrogen-bond donors (Lipinski definition) is 0. The molecule has 2 fully saturated rings. The van der Waals surface area contributed by atoms with E-state index in [2.05, 4.69) is 36.4 Å². The maximum Gasteiger partial charge on any atom is 0.260 e. The van der Waals surface area contributed by atoms with Gasteiger partial charge in [-0.15, -0.1) is 5.10 Å². The molecule has 0 N–H and O–H groups in total. The molecule has 28 heavy (non-hydrogen) atoms. The smallest absolute Gasteiger partial charge is 0.260 e. The molecule has 0 radical (unpaired) electrons. The highest BCUT2D eigenvalue weighted by molar-refractivity contribution is 5.78. The van der Waals surface area contributed by atoms with Gasteiger partial charge in [0.2, 0.25) is 0 Å². The average Bonchev–Trinajstić information content (AvgIpc) is 3.08. The highest BCUT2D eigenvalue weighted by atomic mass is 16.5. The lowest BCUT2D eigenvalue weighted by Gasteiger charge is -2.19. The molecule has 3 heterocycles. The van der Waals surface area contributed by atoms with Gasteiger partial charge in [-0.3, -0.25) is 4.79 Å². The summed E-state index contributed by atoms with van der Waals surface area (Å²) in [5.41, 5.74) is 1.99. The zero-order chi connectivity index (χ0) is 19.3. The minimum Gasteiger partial charge on any atom is -0.483 e. The summed E-state index contributed by atoms with van der Waals surface area (Å²) in [6.07, 6.45) is 6.24. The van der Waals surface area contributed by atoms with Gasteiger partial charge < -0.3 is 14.4 Å². The minimum atomic E-state index is -0.231. The number of fused-ring (bicyclic) bond motifs is 1. The Morgan fingerprint density at radius 1 is 1.32 bits per heavy atom. The van der Waals surface area contributed by atoms with Crippen LogP contribution in [0.3, 0.4) is 0 Å². The summed E-state index contributed by atoms with van der Waals surface area (Å²) in [6.45, 7) is 5.53. The average molecular weight is 382 g/mol. The fourth-order valence-corrected chi connectivity index (χ4v) is 4.15. The van der Waals surface area contributed by atoms with Crippen LogP contribution >= 0.6 is 0 Å². The molecule has 0 unspecified atom stereocenters. The quantitative estimate of drug-likeness (QED) is 0.795. The van der Waals surface area contributed by atoms with E-state index < -0.39 is 0 Å². The second-order valence-electron chi connectivity index (χ2n) is 8.75. The lowest BCUT2D eigenvalue weighted by atomic mass is 10.0. The molecule has 0 spiro atoms. The predicted octanol–water partition coefficient (Wildman–Crippen LogP) is 2.72. The molecule has 1 amide bonds. The van der Waals surface area contributed by atoms with Crippen LogP contribution in [0.4, 0.5) is 0 Å².